The van der Waals surface area contributed by atoms with Gasteiger partial charge in [-0.15, -0.1) is 0 Å². The van der Waals surface area contributed by atoms with Gasteiger partial charge >= 0.3 is 11.9 Å². The Kier molecular flexibility index (Phi) is 9.85. The number of carbonyl (C=O) groups is 3. The number of hydrogen-bond acceptors (Lipinski definition) is 10. The van der Waals surface area contributed by atoms with E-state index < -0.39 is 36.0 Å². The summed E-state index contributed by atoms with van der Waals surface area (Å²) >= 11 is 0. The third-order valence-corrected chi connectivity index (χ3v) is 6.13. The number of unbranched alkanes of at least 4 members (excludes halogenated alkanes) is 1. The summed E-state index contributed by atoms with van der Waals surface area (Å²) in [4.78, 5) is 42.2. The van der Waals surface area contributed by atoms with Crippen molar-refractivity contribution in [1.82, 2.24) is 4.98 Å². The Morgan fingerprint density at radius 2 is 2.03 bits per heavy atom. The first-order chi connectivity index (χ1) is 16.8. The van der Waals surface area contributed by atoms with Crippen molar-refractivity contribution < 1.29 is 43.2 Å². The van der Waals surface area contributed by atoms with E-state index in [0.29, 0.717) is 13.0 Å². The average molecular weight is 494 g/mol. The highest BCUT2D eigenvalue weighted by molar-refractivity contribution is 5.99. The van der Waals surface area contributed by atoms with Gasteiger partial charge in [0.25, 0.3) is 0 Å². The summed E-state index contributed by atoms with van der Waals surface area (Å²) in [6.45, 7) is 4.41. The van der Waals surface area contributed by atoms with Crippen molar-refractivity contribution in [2.24, 2.45) is 11.8 Å². The third-order valence-electron chi connectivity index (χ3n) is 6.13. The molecule has 0 radical (unpaired) electrons. The lowest BCUT2D eigenvalue weighted by Crippen LogP contribution is -2.46. The molecule has 1 saturated heterocycles. The molecule has 2 aliphatic rings. The molecule has 35 heavy (non-hydrogen) atoms. The normalized spacial score (nSPS) is 25.4. The fourth-order valence-corrected chi connectivity index (χ4v) is 3.85. The van der Waals surface area contributed by atoms with Gasteiger partial charge in [0, 0.05) is 38.3 Å². The van der Waals surface area contributed by atoms with Crippen LogP contribution in [0, 0.1) is 11.8 Å². The van der Waals surface area contributed by atoms with Crippen LogP contribution in [0.25, 0.3) is 0 Å². The molecule has 194 valence electrons. The monoisotopic (exact) mass is 493 g/mol. The van der Waals surface area contributed by atoms with Gasteiger partial charge in [-0.3, -0.25) is 14.4 Å². The van der Waals surface area contributed by atoms with Crippen LogP contribution in [0.5, 0.6) is 11.5 Å². The van der Waals surface area contributed by atoms with E-state index in [2.05, 4.69) is 11.9 Å². The Bertz CT molecular complexity index is 886. The zero-order chi connectivity index (χ0) is 25.4. The van der Waals surface area contributed by atoms with Crippen LogP contribution in [0.3, 0.4) is 0 Å². The number of nitrogens with zero attached hydrogens (tertiary/aromatic N) is 1. The average Bonchev–Trinajstić information content (AvgIpc) is 3.68. The fraction of sp³-hybridized carbons (Fsp3) is 0.680. The van der Waals surface area contributed by atoms with E-state index in [9.17, 15) is 19.5 Å². The zero-order valence-corrected chi connectivity index (χ0v) is 20.6. The second kappa shape index (κ2) is 12.8. The van der Waals surface area contributed by atoms with Gasteiger partial charge in [-0.25, -0.2) is 4.98 Å². The van der Waals surface area contributed by atoms with Gasteiger partial charge in [-0.2, -0.15) is 0 Å². The molecule has 3 rings (SSSR count). The number of ketones is 1. The van der Waals surface area contributed by atoms with Crippen molar-refractivity contribution in [1.29, 1.82) is 0 Å². The van der Waals surface area contributed by atoms with Crippen LogP contribution in [0.4, 0.5) is 0 Å². The molecule has 10 heteroatoms. The molecule has 0 amide bonds. The van der Waals surface area contributed by atoms with Crippen molar-refractivity contribution in [3.63, 3.8) is 0 Å². The molecule has 0 aromatic carbocycles. The summed E-state index contributed by atoms with van der Waals surface area (Å²) < 4.78 is 28.2. The maximum absolute atomic E-state index is 13.0. The molecular weight excluding hydrogens is 458 g/mol. The Labute approximate surface area is 205 Å². The van der Waals surface area contributed by atoms with E-state index in [4.69, 9.17) is 23.7 Å². The first-order valence-corrected chi connectivity index (χ1v) is 12.2. The standard InChI is InChI=1S/C25H35NO9/c1-4-5-11-33-20-9-12-32-14-17(13-18(27)21-22(28)19(31-3)8-10-26-21)25(30)34-15(2)23(20)35-24(29)16-6-7-16/h8,10,15-17,20,23,28H,4-7,9,11-14H2,1-3H3/t15-,17-,20-,23-/m0/s1. The highest BCUT2D eigenvalue weighted by Crippen LogP contribution is 2.32. The largest absolute Gasteiger partial charge is 0.503 e. The SMILES string of the molecule is CCCCO[C@H]1CCOC[C@H](CC(=O)c2nccc(OC)c2O)C(=O)O[C@@H](C)[C@@H]1OC(=O)C1CC1. The van der Waals surface area contributed by atoms with E-state index >= 15 is 0 Å². The highest BCUT2D eigenvalue weighted by Gasteiger charge is 2.40. The third kappa shape index (κ3) is 7.38. The molecule has 2 heterocycles. The quantitative estimate of drug-likeness (QED) is 0.295. The van der Waals surface area contributed by atoms with Crippen LogP contribution in [0.15, 0.2) is 12.3 Å². The molecule has 4 atom stereocenters. The lowest BCUT2D eigenvalue weighted by molar-refractivity contribution is -0.187. The lowest BCUT2D eigenvalue weighted by atomic mass is 9.99. The van der Waals surface area contributed by atoms with Gasteiger partial charge in [0.1, 0.15) is 12.2 Å². The van der Waals surface area contributed by atoms with Gasteiger partial charge in [0.2, 0.25) is 0 Å². The molecule has 1 aromatic heterocycles. The van der Waals surface area contributed by atoms with Crippen molar-refractivity contribution >= 4 is 17.7 Å². The molecule has 1 N–H and O–H groups in total. The number of pyridine rings is 1. The first-order valence-electron chi connectivity index (χ1n) is 12.2. The van der Waals surface area contributed by atoms with Gasteiger partial charge in [0.15, 0.2) is 29.1 Å². The summed E-state index contributed by atoms with van der Waals surface area (Å²) in [7, 11) is 1.36. The Balaban J connectivity index is 1.72. The maximum Gasteiger partial charge on any atom is 0.312 e. The van der Waals surface area contributed by atoms with E-state index in [1.807, 2.05) is 0 Å². The van der Waals surface area contributed by atoms with Crippen molar-refractivity contribution in [3.05, 3.63) is 18.0 Å². The van der Waals surface area contributed by atoms with Crippen LogP contribution in [0.1, 0.15) is 62.9 Å². The van der Waals surface area contributed by atoms with Gasteiger partial charge in [-0.1, -0.05) is 13.3 Å². The van der Waals surface area contributed by atoms with Gasteiger partial charge < -0.3 is 28.8 Å². The number of methoxy groups -OCH3 is 1. The molecule has 1 aromatic rings. The molecule has 1 aliphatic carbocycles. The number of rotatable bonds is 10. The number of hydrogen-bond donors (Lipinski definition) is 1. The molecule has 10 nitrogen and oxygen atoms in total. The molecule has 1 aliphatic heterocycles. The number of ether oxygens (including phenoxy) is 5. The predicted molar refractivity (Wildman–Crippen MR) is 123 cm³/mol. The van der Waals surface area contributed by atoms with Gasteiger partial charge in [0.05, 0.1) is 25.6 Å². The number of aromatic nitrogens is 1. The highest BCUT2D eigenvalue weighted by atomic mass is 16.6. The summed E-state index contributed by atoms with van der Waals surface area (Å²) in [6, 6.07) is 1.43. The van der Waals surface area contributed by atoms with Crippen LogP contribution in [0.2, 0.25) is 0 Å². The smallest absolute Gasteiger partial charge is 0.312 e. The van der Waals surface area contributed by atoms with Crippen LogP contribution in [-0.2, 0) is 28.5 Å². The summed E-state index contributed by atoms with van der Waals surface area (Å²) in [5.74, 6) is -2.84. The minimum Gasteiger partial charge on any atom is -0.503 e. The molecule has 0 spiro atoms. The first kappa shape index (κ1) is 26.9. The van der Waals surface area contributed by atoms with E-state index in [-0.39, 0.29) is 48.7 Å². The van der Waals surface area contributed by atoms with Crippen molar-refractivity contribution in [2.75, 3.05) is 26.9 Å². The molecule has 1 saturated carbocycles. The van der Waals surface area contributed by atoms with E-state index in [0.717, 1.165) is 25.7 Å². The minimum absolute atomic E-state index is 0.0454. The van der Waals surface area contributed by atoms with Gasteiger partial charge in [-0.05, 0) is 26.2 Å². The second-order valence-electron chi connectivity index (χ2n) is 8.98. The Hall–Kier alpha value is -2.72. The Morgan fingerprint density at radius 1 is 1.26 bits per heavy atom. The topological polar surface area (TPSA) is 130 Å². The van der Waals surface area contributed by atoms with Crippen molar-refractivity contribution in [3.8, 4) is 11.5 Å². The minimum atomic E-state index is -0.922. The lowest BCUT2D eigenvalue weighted by Gasteiger charge is -2.33. The van der Waals surface area contributed by atoms with E-state index in [1.54, 1.807) is 6.92 Å². The van der Waals surface area contributed by atoms with Crippen LogP contribution >= 0.6 is 0 Å². The Morgan fingerprint density at radius 3 is 2.71 bits per heavy atom. The number of esters is 2. The zero-order valence-electron chi connectivity index (χ0n) is 20.6. The van der Waals surface area contributed by atoms with E-state index in [1.165, 1.54) is 19.4 Å². The fourth-order valence-electron chi connectivity index (χ4n) is 3.85. The number of Topliss-reactive ketones (excluding diaryl/α,β-unsaturated/α-hetero) is 1. The predicted octanol–water partition coefficient (Wildman–Crippen LogP) is 2.84. The molecule has 0 bridgehead atoms. The van der Waals surface area contributed by atoms with Crippen LogP contribution < -0.4 is 4.74 Å². The number of aromatic hydroxyl groups is 1. The van der Waals surface area contributed by atoms with Crippen molar-refractivity contribution in [2.45, 2.75) is 70.7 Å². The second-order valence-corrected chi connectivity index (χ2v) is 8.98. The molecule has 0 unspecified atom stereocenters. The maximum atomic E-state index is 13.0. The number of carbonyl (C=O) groups excluding carboxylic acids is 3. The van der Waals surface area contributed by atoms with Crippen LogP contribution in [-0.4, -0.2) is 73.1 Å². The summed E-state index contributed by atoms with van der Waals surface area (Å²) in [5, 5.41) is 10.2. The molecular formula is C25H35NO9. The number of cyclic esters (lactones) is 1. The summed E-state index contributed by atoms with van der Waals surface area (Å²) in [5.41, 5.74) is -0.192. The molecule has 2 fully saturated rings. The summed E-state index contributed by atoms with van der Waals surface area (Å²) in [6.07, 6.45) is 2.84.